The van der Waals surface area contributed by atoms with E-state index in [1.165, 1.54) is 29.7 Å². The number of nitrogens with one attached hydrogen (secondary N) is 1. The van der Waals surface area contributed by atoms with Crippen molar-refractivity contribution in [1.29, 1.82) is 0 Å². The molecule has 0 unspecified atom stereocenters. The van der Waals surface area contributed by atoms with Crippen LogP contribution >= 0.6 is 23.1 Å². The van der Waals surface area contributed by atoms with Crippen LogP contribution in [0.3, 0.4) is 0 Å². The maximum absolute atomic E-state index is 14.0. The van der Waals surface area contributed by atoms with Gasteiger partial charge in [0.1, 0.15) is 0 Å². The molecule has 0 fully saturated rings. The molecule has 1 aromatic heterocycles. The molecule has 1 amide bonds. The molecular formula is C30H21ClF2N2O3S. The third kappa shape index (κ3) is 5.67. The van der Waals surface area contributed by atoms with Gasteiger partial charge in [-0.2, -0.15) is 4.37 Å². The van der Waals surface area contributed by atoms with Crippen molar-refractivity contribution >= 4 is 45.1 Å². The molecule has 1 atom stereocenters. The lowest BCUT2D eigenvalue weighted by Gasteiger charge is -2.16. The maximum atomic E-state index is 14.0. The van der Waals surface area contributed by atoms with Crippen molar-refractivity contribution in [2.24, 2.45) is 0 Å². The Morgan fingerprint density at radius 1 is 0.949 bits per heavy atom. The van der Waals surface area contributed by atoms with Crippen molar-refractivity contribution in [2.45, 2.75) is 19.4 Å². The van der Waals surface area contributed by atoms with Crippen LogP contribution in [-0.4, -0.2) is 21.4 Å². The lowest BCUT2D eigenvalue weighted by atomic mass is 9.96. The largest absolute Gasteiger partial charge is 0.478 e. The molecule has 9 heteroatoms. The normalized spacial score (nSPS) is 11.9. The van der Waals surface area contributed by atoms with E-state index in [2.05, 4.69) is 9.69 Å². The van der Waals surface area contributed by atoms with Crippen LogP contribution in [0.5, 0.6) is 0 Å². The zero-order valence-corrected chi connectivity index (χ0v) is 22.1. The van der Waals surface area contributed by atoms with Crippen LogP contribution in [0.4, 0.5) is 8.78 Å². The fourth-order valence-corrected chi connectivity index (χ4v) is 5.33. The molecule has 0 spiro atoms. The molecule has 0 aliphatic rings. The average molecular weight is 563 g/mol. The van der Waals surface area contributed by atoms with Crippen molar-refractivity contribution in [2.75, 3.05) is 0 Å². The van der Waals surface area contributed by atoms with Gasteiger partial charge in [0.2, 0.25) is 0 Å². The Balaban J connectivity index is 1.56. The van der Waals surface area contributed by atoms with Crippen LogP contribution < -0.4 is 5.32 Å². The summed E-state index contributed by atoms with van der Waals surface area (Å²) in [5, 5.41) is 13.4. The Labute approximate surface area is 231 Å². The molecule has 0 saturated heterocycles. The number of aromatic nitrogens is 1. The zero-order chi connectivity index (χ0) is 27.7. The van der Waals surface area contributed by atoms with Crippen LogP contribution in [-0.2, 0) is 6.42 Å². The molecule has 4 aromatic carbocycles. The second-order valence-electron chi connectivity index (χ2n) is 9.08. The van der Waals surface area contributed by atoms with Crippen molar-refractivity contribution in [3.05, 3.63) is 123 Å². The summed E-state index contributed by atoms with van der Waals surface area (Å²) in [5.41, 5.74) is 3.87. The Morgan fingerprint density at radius 2 is 1.67 bits per heavy atom. The molecule has 0 aliphatic heterocycles. The lowest BCUT2D eigenvalue weighted by Crippen LogP contribution is -2.27. The van der Waals surface area contributed by atoms with Gasteiger partial charge in [0, 0.05) is 16.8 Å². The molecule has 5 aromatic rings. The molecule has 196 valence electrons. The highest BCUT2D eigenvalue weighted by atomic mass is 35.5. The third-order valence-electron chi connectivity index (χ3n) is 6.43. The van der Waals surface area contributed by atoms with Gasteiger partial charge in [0.25, 0.3) is 5.91 Å². The topological polar surface area (TPSA) is 79.3 Å². The molecule has 0 bridgehead atoms. The van der Waals surface area contributed by atoms with Crippen LogP contribution in [0.2, 0.25) is 5.02 Å². The highest BCUT2D eigenvalue weighted by molar-refractivity contribution is 7.13. The minimum atomic E-state index is -1.03. The summed E-state index contributed by atoms with van der Waals surface area (Å²) in [6.45, 7) is 1.80. The van der Waals surface area contributed by atoms with Crippen LogP contribution in [0.15, 0.2) is 78.9 Å². The smallest absolute Gasteiger partial charge is 0.335 e. The Hall–Kier alpha value is -4.14. The number of carboxylic acid groups (broad SMARTS) is 1. The number of amides is 1. The number of hydrogen-bond donors (Lipinski definition) is 2. The van der Waals surface area contributed by atoms with Gasteiger partial charge in [-0.05, 0) is 89.2 Å². The summed E-state index contributed by atoms with van der Waals surface area (Å²) in [7, 11) is 0. The van der Waals surface area contributed by atoms with Gasteiger partial charge in [0.05, 0.1) is 27.6 Å². The van der Waals surface area contributed by atoms with Crippen molar-refractivity contribution in [1.82, 2.24) is 9.69 Å². The summed E-state index contributed by atoms with van der Waals surface area (Å²) in [6.07, 6.45) is 0.466. The fraction of sp³-hybridized carbons (Fsp3) is 0.100. The number of carbonyl (C=O) groups is 2. The molecule has 5 rings (SSSR count). The van der Waals surface area contributed by atoms with E-state index in [-0.39, 0.29) is 11.5 Å². The first kappa shape index (κ1) is 26.5. The summed E-state index contributed by atoms with van der Waals surface area (Å²) >= 11 is 7.25. The van der Waals surface area contributed by atoms with Gasteiger partial charge in [-0.1, -0.05) is 41.9 Å². The molecule has 39 heavy (non-hydrogen) atoms. The first-order chi connectivity index (χ1) is 18.7. The van der Waals surface area contributed by atoms with Gasteiger partial charge in [0.15, 0.2) is 11.6 Å². The first-order valence-corrected chi connectivity index (χ1v) is 13.1. The lowest BCUT2D eigenvalue weighted by molar-refractivity contribution is 0.0696. The minimum Gasteiger partial charge on any atom is -0.478 e. The summed E-state index contributed by atoms with van der Waals surface area (Å²) in [6, 6.07) is 20.3. The number of nitrogens with zero attached hydrogens (tertiary/aromatic N) is 1. The number of rotatable bonds is 7. The fourth-order valence-electron chi connectivity index (χ4n) is 4.34. The van der Waals surface area contributed by atoms with Crippen LogP contribution in [0.25, 0.3) is 21.2 Å². The van der Waals surface area contributed by atoms with Gasteiger partial charge in [-0.3, -0.25) is 4.79 Å². The maximum Gasteiger partial charge on any atom is 0.335 e. The van der Waals surface area contributed by atoms with E-state index in [1.54, 1.807) is 37.3 Å². The molecule has 5 nitrogen and oxygen atoms in total. The summed E-state index contributed by atoms with van der Waals surface area (Å²) in [4.78, 5) is 24.9. The average Bonchev–Trinajstić information content (AvgIpc) is 3.33. The third-order valence-corrected chi connectivity index (χ3v) is 7.51. The Morgan fingerprint density at radius 3 is 2.33 bits per heavy atom. The summed E-state index contributed by atoms with van der Waals surface area (Å²) < 4.78 is 33.0. The number of benzene rings is 4. The van der Waals surface area contributed by atoms with E-state index in [1.807, 2.05) is 18.2 Å². The SMILES string of the molecule is C[C@H](NC(=O)c1cc(-c2ccc(F)c(F)c2)cc2snc(Cc3ccc(Cl)cc3)c12)c1ccc(C(=O)O)cc1. The van der Waals surface area contributed by atoms with Crippen molar-refractivity contribution in [3.63, 3.8) is 0 Å². The Kier molecular flexibility index (Phi) is 7.41. The monoisotopic (exact) mass is 562 g/mol. The molecule has 2 N–H and O–H groups in total. The Bertz CT molecular complexity index is 1700. The minimum absolute atomic E-state index is 0.148. The van der Waals surface area contributed by atoms with Crippen molar-refractivity contribution < 1.29 is 23.5 Å². The van der Waals surface area contributed by atoms with Crippen LogP contribution in [0, 0.1) is 11.6 Å². The molecule has 0 saturated carbocycles. The number of aromatic carboxylic acids is 1. The second-order valence-corrected chi connectivity index (χ2v) is 10.3. The van der Waals surface area contributed by atoms with E-state index in [0.29, 0.717) is 39.2 Å². The number of hydrogen-bond acceptors (Lipinski definition) is 4. The molecule has 1 heterocycles. The number of carboxylic acids is 1. The van der Waals surface area contributed by atoms with Gasteiger partial charge < -0.3 is 10.4 Å². The highest BCUT2D eigenvalue weighted by Crippen LogP contribution is 2.34. The van der Waals surface area contributed by atoms with E-state index in [9.17, 15) is 18.4 Å². The van der Waals surface area contributed by atoms with E-state index >= 15 is 0 Å². The van der Waals surface area contributed by atoms with Gasteiger partial charge in [-0.25, -0.2) is 13.6 Å². The highest BCUT2D eigenvalue weighted by Gasteiger charge is 2.21. The zero-order valence-electron chi connectivity index (χ0n) is 20.5. The number of fused-ring (bicyclic) bond motifs is 1. The standard InChI is InChI=1S/C30H21ClF2N2O3S/c1-16(18-4-6-19(7-5-18)30(37)38)34-29(36)23-13-21(20-8-11-24(32)25(33)14-20)15-27-28(23)26(35-39-27)12-17-2-9-22(31)10-3-17/h2-11,13-16H,12H2,1H3,(H,34,36)(H,37,38)/t16-/m0/s1. The molecule has 0 radical (unpaired) electrons. The molecular weight excluding hydrogens is 542 g/mol. The van der Waals surface area contributed by atoms with Crippen LogP contribution in [0.1, 0.15) is 50.5 Å². The second kappa shape index (κ2) is 10.9. The molecule has 0 aliphatic carbocycles. The quantitative estimate of drug-likeness (QED) is 0.213. The van der Waals surface area contributed by atoms with Gasteiger partial charge >= 0.3 is 5.97 Å². The predicted molar refractivity (Wildman–Crippen MR) is 149 cm³/mol. The van der Waals surface area contributed by atoms with Crippen molar-refractivity contribution in [3.8, 4) is 11.1 Å². The van der Waals surface area contributed by atoms with E-state index in [0.717, 1.165) is 28.0 Å². The van der Waals surface area contributed by atoms with E-state index < -0.39 is 23.6 Å². The summed E-state index contributed by atoms with van der Waals surface area (Å²) in [5.74, 6) is -3.35. The number of carbonyl (C=O) groups excluding carboxylic acids is 1. The number of halogens is 3. The van der Waals surface area contributed by atoms with E-state index in [4.69, 9.17) is 16.7 Å². The van der Waals surface area contributed by atoms with Gasteiger partial charge in [-0.15, -0.1) is 0 Å². The predicted octanol–water partition coefficient (Wildman–Crippen LogP) is 7.67. The first-order valence-electron chi connectivity index (χ1n) is 12.0.